The van der Waals surface area contributed by atoms with E-state index in [1.165, 1.54) is 20.0 Å². The maximum absolute atomic E-state index is 12.0. The molecule has 1 N–H and O–H groups in total. The van der Waals surface area contributed by atoms with Gasteiger partial charge in [0.25, 0.3) is 0 Å². The number of esters is 1. The Morgan fingerprint density at radius 3 is 2.58 bits per heavy atom. The molecule has 0 aromatic heterocycles. The van der Waals surface area contributed by atoms with Gasteiger partial charge in [-0.2, -0.15) is 0 Å². The molecule has 2 aromatic rings. The molecule has 0 saturated heterocycles. The summed E-state index contributed by atoms with van der Waals surface area (Å²) in [5, 5.41) is 11.3. The van der Waals surface area contributed by atoms with Crippen molar-refractivity contribution in [2.45, 2.75) is 37.7 Å². The number of hydrogen-bond donors (Lipinski definition) is 1. The van der Waals surface area contributed by atoms with Crippen LogP contribution >= 0.6 is 11.6 Å². The van der Waals surface area contributed by atoms with Gasteiger partial charge in [0.1, 0.15) is 6.10 Å². The lowest BCUT2D eigenvalue weighted by Crippen LogP contribution is -2.08. The van der Waals surface area contributed by atoms with Crippen molar-refractivity contribution >= 4 is 17.6 Å². The van der Waals surface area contributed by atoms with Crippen LogP contribution in [0.3, 0.4) is 0 Å². The summed E-state index contributed by atoms with van der Waals surface area (Å²) in [7, 11) is 1.37. The van der Waals surface area contributed by atoms with E-state index in [2.05, 4.69) is 0 Å². The van der Waals surface area contributed by atoms with Crippen LogP contribution in [0.1, 0.15) is 64.8 Å². The summed E-state index contributed by atoms with van der Waals surface area (Å²) in [4.78, 5) is 12.0. The predicted molar refractivity (Wildman–Crippen MR) is 94.5 cm³/mol. The Morgan fingerprint density at radius 2 is 1.92 bits per heavy atom. The highest BCUT2D eigenvalue weighted by Gasteiger charge is 2.22. The third-order valence-electron chi connectivity index (χ3n) is 4.71. The van der Waals surface area contributed by atoms with Gasteiger partial charge in [0.15, 0.2) is 0 Å². The molecule has 2 aromatic carbocycles. The smallest absolute Gasteiger partial charge is 0.337 e. The van der Waals surface area contributed by atoms with E-state index >= 15 is 0 Å². The molecule has 0 heterocycles. The standard InChI is InChI=1S/C20H21ClO3/c1-24-20(23)17-10-15(13-5-2-3-6-13)9-16(11-17)19(22)14-7-4-8-18(21)12-14/h4,7-13,19,22H,2-3,5-6H2,1H3. The molecule has 1 saturated carbocycles. The number of ether oxygens (including phenoxy) is 1. The highest BCUT2D eigenvalue weighted by molar-refractivity contribution is 6.30. The van der Waals surface area contributed by atoms with Gasteiger partial charge in [-0.25, -0.2) is 4.79 Å². The van der Waals surface area contributed by atoms with Crippen molar-refractivity contribution in [1.29, 1.82) is 0 Å². The van der Waals surface area contributed by atoms with Crippen LogP contribution in [-0.4, -0.2) is 18.2 Å². The molecule has 0 aliphatic heterocycles. The van der Waals surface area contributed by atoms with Gasteiger partial charge in [0.05, 0.1) is 12.7 Å². The third kappa shape index (κ3) is 3.63. The lowest BCUT2D eigenvalue weighted by Gasteiger charge is -2.17. The van der Waals surface area contributed by atoms with Crippen molar-refractivity contribution in [3.8, 4) is 0 Å². The third-order valence-corrected chi connectivity index (χ3v) is 4.94. The van der Waals surface area contributed by atoms with Gasteiger partial charge in [0.2, 0.25) is 0 Å². The molecule has 0 radical (unpaired) electrons. The summed E-state index contributed by atoms with van der Waals surface area (Å²) in [5.41, 5.74) is 2.99. The Morgan fingerprint density at radius 1 is 1.17 bits per heavy atom. The highest BCUT2D eigenvalue weighted by Crippen LogP contribution is 2.36. The number of halogens is 1. The van der Waals surface area contributed by atoms with Gasteiger partial charge in [-0.1, -0.05) is 42.6 Å². The van der Waals surface area contributed by atoms with Crippen LogP contribution in [0.25, 0.3) is 0 Å². The number of rotatable bonds is 4. The molecule has 1 unspecified atom stereocenters. The van der Waals surface area contributed by atoms with E-state index in [0.717, 1.165) is 18.4 Å². The fourth-order valence-electron chi connectivity index (χ4n) is 3.43. The molecule has 126 valence electrons. The van der Waals surface area contributed by atoms with Crippen molar-refractivity contribution in [2.24, 2.45) is 0 Å². The fraction of sp³-hybridized carbons (Fsp3) is 0.350. The zero-order chi connectivity index (χ0) is 17.1. The number of carbonyl (C=O) groups is 1. The molecule has 1 atom stereocenters. The molecule has 1 fully saturated rings. The maximum Gasteiger partial charge on any atom is 0.337 e. The minimum atomic E-state index is -0.826. The van der Waals surface area contributed by atoms with Crippen LogP contribution < -0.4 is 0 Å². The monoisotopic (exact) mass is 344 g/mol. The number of aliphatic hydroxyl groups excluding tert-OH is 1. The Labute approximate surface area is 147 Å². The summed E-state index contributed by atoms with van der Waals surface area (Å²) < 4.78 is 4.87. The normalized spacial score (nSPS) is 16.1. The topological polar surface area (TPSA) is 46.5 Å². The van der Waals surface area contributed by atoms with Crippen LogP contribution in [0.5, 0.6) is 0 Å². The first-order valence-electron chi connectivity index (χ1n) is 8.25. The van der Waals surface area contributed by atoms with E-state index in [9.17, 15) is 9.90 Å². The summed E-state index contributed by atoms with van der Waals surface area (Å²) in [6.07, 6.45) is 3.83. The van der Waals surface area contributed by atoms with Gasteiger partial charge in [-0.3, -0.25) is 0 Å². The van der Waals surface area contributed by atoms with E-state index in [1.54, 1.807) is 18.2 Å². The Hall–Kier alpha value is -1.84. The van der Waals surface area contributed by atoms with E-state index in [1.807, 2.05) is 24.3 Å². The van der Waals surface area contributed by atoms with Gasteiger partial charge >= 0.3 is 5.97 Å². The zero-order valence-electron chi connectivity index (χ0n) is 13.7. The second-order valence-corrected chi connectivity index (χ2v) is 6.76. The van der Waals surface area contributed by atoms with E-state index in [0.29, 0.717) is 27.6 Å². The maximum atomic E-state index is 12.0. The summed E-state index contributed by atoms with van der Waals surface area (Å²) in [6.45, 7) is 0. The highest BCUT2D eigenvalue weighted by atomic mass is 35.5. The molecule has 1 aliphatic rings. The van der Waals surface area contributed by atoms with Crippen molar-refractivity contribution in [1.82, 2.24) is 0 Å². The molecule has 0 bridgehead atoms. The van der Waals surface area contributed by atoms with Gasteiger partial charge in [0, 0.05) is 5.02 Å². The van der Waals surface area contributed by atoms with Crippen molar-refractivity contribution in [3.63, 3.8) is 0 Å². The molecule has 24 heavy (non-hydrogen) atoms. The molecule has 3 nitrogen and oxygen atoms in total. The minimum Gasteiger partial charge on any atom is -0.465 e. The summed E-state index contributed by atoms with van der Waals surface area (Å²) in [6, 6.07) is 12.8. The molecule has 4 heteroatoms. The van der Waals surface area contributed by atoms with Crippen LogP contribution in [0, 0.1) is 0 Å². The van der Waals surface area contributed by atoms with Crippen LogP contribution in [-0.2, 0) is 4.74 Å². The predicted octanol–water partition coefficient (Wildman–Crippen LogP) is 4.87. The lowest BCUT2D eigenvalue weighted by atomic mass is 9.91. The molecular weight excluding hydrogens is 324 g/mol. The number of benzene rings is 2. The number of aliphatic hydroxyl groups is 1. The Balaban J connectivity index is 2.01. The molecule has 1 aliphatic carbocycles. The van der Waals surface area contributed by atoms with Crippen LogP contribution in [0.4, 0.5) is 0 Å². The van der Waals surface area contributed by atoms with Crippen LogP contribution in [0.15, 0.2) is 42.5 Å². The first kappa shape index (κ1) is 17.0. The first-order chi connectivity index (χ1) is 11.6. The fourth-order valence-corrected chi connectivity index (χ4v) is 3.63. The summed E-state index contributed by atoms with van der Waals surface area (Å²) >= 11 is 6.03. The molecule has 0 amide bonds. The van der Waals surface area contributed by atoms with Gasteiger partial charge < -0.3 is 9.84 Å². The average Bonchev–Trinajstić information content (AvgIpc) is 3.14. The lowest BCUT2D eigenvalue weighted by molar-refractivity contribution is 0.0600. The van der Waals surface area contributed by atoms with E-state index in [4.69, 9.17) is 16.3 Å². The van der Waals surface area contributed by atoms with Crippen molar-refractivity contribution < 1.29 is 14.6 Å². The van der Waals surface area contributed by atoms with Crippen LogP contribution in [0.2, 0.25) is 5.02 Å². The second kappa shape index (κ2) is 7.37. The molecule has 0 spiro atoms. The molecule has 3 rings (SSSR count). The van der Waals surface area contributed by atoms with Crippen molar-refractivity contribution in [3.05, 3.63) is 69.7 Å². The number of hydrogen-bond acceptors (Lipinski definition) is 3. The van der Waals surface area contributed by atoms with Gasteiger partial charge in [-0.05, 0) is 59.7 Å². The Bertz CT molecular complexity index is 735. The average molecular weight is 345 g/mol. The SMILES string of the molecule is COC(=O)c1cc(C2CCCC2)cc(C(O)c2cccc(Cl)c2)c1. The molecular formula is C20H21ClO3. The van der Waals surface area contributed by atoms with E-state index < -0.39 is 6.10 Å². The first-order valence-corrected chi connectivity index (χ1v) is 8.63. The number of carbonyl (C=O) groups excluding carboxylic acids is 1. The van der Waals surface area contributed by atoms with Crippen molar-refractivity contribution in [2.75, 3.05) is 7.11 Å². The summed E-state index contributed by atoms with van der Waals surface area (Å²) in [5.74, 6) is 0.0642. The quantitative estimate of drug-likeness (QED) is 0.805. The zero-order valence-corrected chi connectivity index (χ0v) is 14.4. The van der Waals surface area contributed by atoms with Gasteiger partial charge in [-0.15, -0.1) is 0 Å². The minimum absolute atomic E-state index is 0.380. The second-order valence-electron chi connectivity index (χ2n) is 6.32. The number of methoxy groups -OCH3 is 1. The largest absolute Gasteiger partial charge is 0.465 e. The Kier molecular flexibility index (Phi) is 5.22. The van der Waals surface area contributed by atoms with E-state index in [-0.39, 0.29) is 5.97 Å².